The van der Waals surface area contributed by atoms with Crippen molar-refractivity contribution in [2.24, 2.45) is 0 Å². The third-order valence-corrected chi connectivity index (χ3v) is 5.01. The third-order valence-electron chi connectivity index (χ3n) is 2.34. The van der Waals surface area contributed by atoms with Gasteiger partial charge in [0, 0.05) is 6.07 Å². The Bertz CT molecular complexity index is 553. The predicted octanol–water partition coefficient (Wildman–Crippen LogP) is -0.214. The summed E-state index contributed by atoms with van der Waals surface area (Å²) in [5.74, 6) is -0.814. The lowest BCUT2D eigenvalue weighted by molar-refractivity contribution is -0.129. The average molecular weight is 438 g/mol. The summed E-state index contributed by atoms with van der Waals surface area (Å²) in [7, 11) is 4.01. The molecular weight excluding hydrogens is 418 g/mol. The molecular formula is C13H19N5O6S3. The number of thioether (sulfide) groups is 3. The van der Waals surface area contributed by atoms with Crippen molar-refractivity contribution in [2.45, 2.75) is 15.2 Å². The van der Waals surface area contributed by atoms with Crippen LogP contribution in [0, 0.1) is 0 Å². The second-order valence-corrected chi connectivity index (χ2v) is 7.31. The van der Waals surface area contributed by atoms with E-state index in [1.165, 1.54) is 44.9 Å². The van der Waals surface area contributed by atoms with Crippen LogP contribution in [0.25, 0.3) is 0 Å². The molecule has 1 heterocycles. The highest BCUT2D eigenvalue weighted by molar-refractivity contribution is 8.01. The number of nitrogens with zero attached hydrogens (tertiary/aromatic N) is 2. The van der Waals surface area contributed by atoms with Gasteiger partial charge in [-0.3, -0.25) is 28.9 Å². The van der Waals surface area contributed by atoms with Crippen molar-refractivity contribution >= 4 is 53.0 Å². The van der Waals surface area contributed by atoms with Crippen LogP contribution in [0.3, 0.4) is 0 Å². The summed E-state index contributed by atoms with van der Waals surface area (Å²) in [6.07, 6.45) is 0. The largest absolute Gasteiger partial charge is 0.277 e. The van der Waals surface area contributed by atoms with Gasteiger partial charge < -0.3 is 0 Å². The Hall–Kier alpha value is -1.58. The fraction of sp³-hybridized carbons (Fsp3) is 0.462. The molecule has 0 aliphatic rings. The van der Waals surface area contributed by atoms with E-state index in [1.807, 2.05) is 0 Å². The molecule has 1 aromatic heterocycles. The molecule has 27 heavy (non-hydrogen) atoms. The molecule has 1 rings (SSSR count). The standard InChI is InChI=1S/C13H19N5O6S3/c1-22-16-8(19)5-25-11-4-12(26-6-9(20)17-23-2)15-13(14-11)27-7-10(21)18-24-3/h4H,5-7H2,1-3H3,(H,16,19)(H,17,20)(H,18,21). The van der Waals surface area contributed by atoms with Crippen molar-refractivity contribution < 1.29 is 28.9 Å². The zero-order valence-corrected chi connectivity index (χ0v) is 17.2. The predicted molar refractivity (Wildman–Crippen MR) is 99.7 cm³/mol. The second kappa shape index (κ2) is 13.6. The van der Waals surface area contributed by atoms with Gasteiger partial charge in [0.2, 0.25) is 0 Å². The van der Waals surface area contributed by atoms with Gasteiger partial charge in [-0.25, -0.2) is 26.4 Å². The fourth-order valence-electron chi connectivity index (χ4n) is 1.44. The molecule has 14 heteroatoms. The first-order valence-corrected chi connectivity index (χ1v) is 10.2. The van der Waals surface area contributed by atoms with E-state index in [4.69, 9.17) is 0 Å². The van der Waals surface area contributed by atoms with Gasteiger partial charge in [0.1, 0.15) is 10.1 Å². The number of aromatic nitrogens is 2. The minimum Gasteiger partial charge on any atom is -0.277 e. The van der Waals surface area contributed by atoms with Crippen molar-refractivity contribution in [2.75, 3.05) is 38.6 Å². The summed E-state index contributed by atoms with van der Waals surface area (Å²) in [5, 5.41) is 1.36. The Kier molecular flexibility index (Phi) is 11.8. The zero-order chi connectivity index (χ0) is 20.1. The molecule has 0 saturated heterocycles. The molecule has 0 bridgehead atoms. The topological polar surface area (TPSA) is 141 Å². The molecule has 1 aromatic rings. The lowest BCUT2D eigenvalue weighted by Crippen LogP contribution is -2.24. The van der Waals surface area contributed by atoms with Gasteiger partial charge in [0.15, 0.2) is 5.16 Å². The Labute approximate surface area is 168 Å². The van der Waals surface area contributed by atoms with E-state index in [2.05, 4.69) is 40.9 Å². The van der Waals surface area contributed by atoms with E-state index in [0.717, 1.165) is 11.8 Å². The lowest BCUT2D eigenvalue weighted by Gasteiger charge is -2.08. The van der Waals surface area contributed by atoms with E-state index in [9.17, 15) is 14.4 Å². The number of hydrogen-bond acceptors (Lipinski definition) is 11. The van der Waals surface area contributed by atoms with E-state index < -0.39 is 0 Å². The molecule has 0 unspecified atom stereocenters. The second-order valence-electron chi connectivity index (χ2n) is 4.38. The first-order valence-electron chi connectivity index (χ1n) is 7.21. The van der Waals surface area contributed by atoms with Crippen LogP contribution in [0.2, 0.25) is 0 Å². The lowest BCUT2D eigenvalue weighted by atomic mass is 10.7. The number of amides is 3. The van der Waals surface area contributed by atoms with E-state index >= 15 is 0 Å². The van der Waals surface area contributed by atoms with Gasteiger partial charge in [-0.05, 0) is 0 Å². The molecule has 0 spiro atoms. The summed E-state index contributed by atoms with van der Waals surface area (Å²) >= 11 is 3.43. The third kappa shape index (κ3) is 10.4. The number of hydroxylamine groups is 3. The summed E-state index contributed by atoms with van der Waals surface area (Å²) in [6, 6.07) is 1.65. The van der Waals surface area contributed by atoms with Crippen molar-refractivity contribution in [3.8, 4) is 0 Å². The molecule has 0 atom stereocenters. The Morgan fingerprint density at radius 1 is 0.778 bits per heavy atom. The molecule has 3 amide bonds. The van der Waals surface area contributed by atoms with Crippen LogP contribution in [0.15, 0.2) is 21.3 Å². The minimum atomic E-state index is -0.350. The zero-order valence-electron chi connectivity index (χ0n) is 14.8. The van der Waals surface area contributed by atoms with Crippen LogP contribution in [0.1, 0.15) is 0 Å². The van der Waals surface area contributed by atoms with Crippen molar-refractivity contribution in [1.29, 1.82) is 0 Å². The van der Waals surface area contributed by atoms with Crippen molar-refractivity contribution in [3.05, 3.63) is 6.07 Å². The summed E-state index contributed by atoms with van der Waals surface area (Å²) in [5.41, 5.74) is 6.61. The average Bonchev–Trinajstić information content (AvgIpc) is 2.64. The molecule has 0 radical (unpaired) electrons. The number of nitrogens with one attached hydrogen (secondary N) is 3. The van der Waals surface area contributed by atoms with Crippen LogP contribution in [0.4, 0.5) is 0 Å². The van der Waals surface area contributed by atoms with Crippen LogP contribution < -0.4 is 16.4 Å². The highest BCUT2D eigenvalue weighted by atomic mass is 32.2. The summed E-state index contributed by atoms with van der Waals surface area (Å²) in [4.78, 5) is 56.8. The van der Waals surface area contributed by atoms with Gasteiger partial charge in [-0.15, -0.1) is 0 Å². The number of hydrogen-bond donors (Lipinski definition) is 3. The van der Waals surface area contributed by atoms with Gasteiger partial charge in [0.05, 0.1) is 38.6 Å². The molecule has 150 valence electrons. The number of carbonyl (C=O) groups is 3. The first-order chi connectivity index (χ1) is 13.0. The Balaban J connectivity index is 2.81. The highest BCUT2D eigenvalue weighted by Gasteiger charge is 2.12. The first kappa shape index (κ1) is 23.5. The van der Waals surface area contributed by atoms with E-state index in [-0.39, 0.29) is 35.0 Å². The van der Waals surface area contributed by atoms with E-state index in [0.29, 0.717) is 15.2 Å². The maximum Gasteiger partial charge on any atom is 0.253 e. The summed E-state index contributed by atoms with van der Waals surface area (Å²) in [6.45, 7) is 0. The van der Waals surface area contributed by atoms with E-state index in [1.54, 1.807) is 6.07 Å². The smallest absolute Gasteiger partial charge is 0.253 e. The molecule has 0 aliphatic heterocycles. The molecule has 0 aromatic carbocycles. The van der Waals surface area contributed by atoms with Gasteiger partial charge in [0.25, 0.3) is 17.7 Å². The summed E-state index contributed by atoms with van der Waals surface area (Å²) < 4.78 is 0. The molecule has 3 N–H and O–H groups in total. The van der Waals surface area contributed by atoms with Gasteiger partial charge >= 0.3 is 0 Å². The molecule has 0 aliphatic carbocycles. The Morgan fingerprint density at radius 2 is 1.15 bits per heavy atom. The van der Waals surface area contributed by atoms with Gasteiger partial charge in [-0.1, -0.05) is 35.3 Å². The molecule has 0 fully saturated rings. The maximum absolute atomic E-state index is 11.5. The SMILES string of the molecule is CONC(=O)CSc1cc(SCC(=O)NOC)nc(SCC(=O)NOC)n1. The quantitative estimate of drug-likeness (QED) is 0.173. The maximum atomic E-state index is 11.5. The van der Waals surface area contributed by atoms with Crippen molar-refractivity contribution in [3.63, 3.8) is 0 Å². The van der Waals surface area contributed by atoms with Crippen LogP contribution >= 0.6 is 35.3 Å². The fourth-order valence-corrected chi connectivity index (χ4v) is 3.64. The van der Waals surface area contributed by atoms with Crippen LogP contribution in [-0.4, -0.2) is 66.3 Å². The number of carbonyl (C=O) groups excluding carboxylic acids is 3. The Morgan fingerprint density at radius 3 is 1.52 bits per heavy atom. The van der Waals surface area contributed by atoms with Crippen LogP contribution in [0.5, 0.6) is 0 Å². The van der Waals surface area contributed by atoms with Gasteiger partial charge in [-0.2, -0.15) is 0 Å². The monoisotopic (exact) mass is 437 g/mol. The van der Waals surface area contributed by atoms with Crippen LogP contribution in [-0.2, 0) is 28.9 Å². The normalized spacial score (nSPS) is 10.3. The highest BCUT2D eigenvalue weighted by Crippen LogP contribution is 2.25. The molecule has 0 saturated carbocycles. The number of rotatable bonds is 12. The molecule has 11 nitrogen and oxygen atoms in total. The minimum absolute atomic E-state index is 0.0421. The van der Waals surface area contributed by atoms with Crippen molar-refractivity contribution in [1.82, 2.24) is 26.4 Å².